The third kappa shape index (κ3) is 4.08. The summed E-state index contributed by atoms with van der Waals surface area (Å²) in [5.74, 6) is -2.09. The summed E-state index contributed by atoms with van der Waals surface area (Å²) in [6.07, 6.45) is 0.0248. The molecule has 1 N–H and O–H groups in total. The second-order valence-electron chi connectivity index (χ2n) is 2.60. The first kappa shape index (κ1) is 12.7. The predicted molar refractivity (Wildman–Crippen MR) is 47.6 cm³/mol. The van der Waals surface area contributed by atoms with Gasteiger partial charge in [0, 0.05) is 25.6 Å². The van der Waals surface area contributed by atoms with Crippen molar-refractivity contribution in [3.8, 4) is 0 Å². The smallest absolute Gasteiger partial charge is 0.303 e. The molecule has 0 aliphatic rings. The van der Waals surface area contributed by atoms with E-state index in [2.05, 4.69) is 10.0 Å². The average Bonchev–Trinajstić information content (AvgIpc) is 2.19. The predicted octanol–water partition coefficient (Wildman–Crippen LogP) is 1.15. The Morgan fingerprint density at radius 3 is 2.50 bits per heavy atom. The summed E-state index contributed by atoms with van der Waals surface area (Å²) in [6, 6.07) is 0. The van der Waals surface area contributed by atoms with Crippen LogP contribution in [0.25, 0.3) is 10.4 Å². The normalized spacial score (nSPS) is 10.7. The van der Waals surface area contributed by atoms with Gasteiger partial charge in [-0.2, -0.15) is 0 Å². The van der Waals surface area contributed by atoms with Crippen molar-refractivity contribution in [2.45, 2.75) is 18.6 Å². The molecule has 0 rings (SSSR count). The number of aliphatic carboxylic acids is 1. The van der Waals surface area contributed by atoms with Crippen molar-refractivity contribution < 1.29 is 19.4 Å². The zero-order valence-corrected chi connectivity index (χ0v) is 8.13. The largest absolute Gasteiger partial charge is 0.481 e. The molecule has 0 spiro atoms. The van der Waals surface area contributed by atoms with Gasteiger partial charge in [0.05, 0.1) is 13.0 Å². The summed E-state index contributed by atoms with van der Waals surface area (Å²) in [7, 11) is 2.75. The van der Waals surface area contributed by atoms with Crippen molar-refractivity contribution >= 4 is 5.97 Å². The number of azide groups is 1. The van der Waals surface area contributed by atoms with Gasteiger partial charge in [0.25, 0.3) is 0 Å². The van der Waals surface area contributed by atoms with E-state index in [-0.39, 0.29) is 19.4 Å². The molecule has 0 heterocycles. The molecule has 0 aromatic carbocycles. The highest BCUT2D eigenvalue weighted by atomic mass is 16.7. The summed E-state index contributed by atoms with van der Waals surface area (Å²) >= 11 is 0. The van der Waals surface area contributed by atoms with Crippen molar-refractivity contribution in [3.63, 3.8) is 0 Å². The molecule has 0 aliphatic carbocycles. The minimum absolute atomic E-state index is 0.0518. The molecule has 0 aliphatic heterocycles. The van der Waals surface area contributed by atoms with E-state index in [1.54, 1.807) is 0 Å². The number of nitrogens with zero attached hydrogens (tertiary/aromatic N) is 3. The van der Waals surface area contributed by atoms with Gasteiger partial charge in [-0.15, -0.1) is 0 Å². The van der Waals surface area contributed by atoms with Crippen molar-refractivity contribution in [1.29, 1.82) is 0 Å². The van der Waals surface area contributed by atoms with Gasteiger partial charge in [-0.3, -0.25) is 4.79 Å². The Labute approximate surface area is 81.2 Å². The van der Waals surface area contributed by atoms with Crippen LogP contribution in [0.2, 0.25) is 0 Å². The highest BCUT2D eigenvalue weighted by Crippen LogP contribution is 2.19. The van der Waals surface area contributed by atoms with Crippen molar-refractivity contribution in [2.75, 3.05) is 20.8 Å². The van der Waals surface area contributed by atoms with Crippen LogP contribution >= 0.6 is 0 Å². The maximum Gasteiger partial charge on any atom is 0.303 e. The van der Waals surface area contributed by atoms with Gasteiger partial charge < -0.3 is 14.6 Å². The van der Waals surface area contributed by atoms with Gasteiger partial charge in [-0.1, -0.05) is 5.11 Å². The Kier molecular flexibility index (Phi) is 5.62. The van der Waals surface area contributed by atoms with Gasteiger partial charge >= 0.3 is 5.97 Å². The lowest BCUT2D eigenvalue weighted by Crippen LogP contribution is -2.37. The molecule has 80 valence electrons. The SMILES string of the molecule is COC(CCC(=O)O)(CN=[N+]=[N-])OC. The molecular formula is C7H13N3O4. The molecule has 0 bridgehead atoms. The van der Waals surface area contributed by atoms with Crippen LogP contribution in [0.5, 0.6) is 0 Å². The number of carbonyl (C=O) groups is 1. The third-order valence-electron chi connectivity index (χ3n) is 1.84. The molecule has 0 saturated heterocycles. The Hall–Kier alpha value is -1.30. The van der Waals surface area contributed by atoms with Crippen LogP contribution in [0.3, 0.4) is 0 Å². The standard InChI is InChI=1S/C7H13N3O4/c1-13-7(14-2,5-9-10-8)4-3-6(11)12/h3-5H2,1-2H3,(H,11,12). The molecule has 0 radical (unpaired) electrons. The zero-order chi connectivity index (χ0) is 11.0. The zero-order valence-electron chi connectivity index (χ0n) is 8.13. The van der Waals surface area contributed by atoms with Gasteiger partial charge in [-0.25, -0.2) is 0 Å². The monoisotopic (exact) mass is 203 g/mol. The third-order valence-corrected chi connectivity index (χ3v) is 1.84. The molecule has 0 saturated carbocycles. The topological polar surface area (TPSA) is 105 Å². The molecule has 14 heavy (non-hydrogen) atoms. The van der Waals surface area contributed by atoms with E-state index in [0.717, 1.165) is 0 Å². The van der Waals surface area contributed by atoms with Crippen molar-refractivity contribution in [1.82, 2.24) is 0 Å². The first-order valence-corrected chi connectivity index (χ1v) is 3.93. The molecule has 7 heteroatoms. The lowest BCUT2D eigenvalue weighted by Gasteiger charge is -2.28. The number of carboxylic acid groups (broad SMARTS) is 1. The Morgan fingerprint density at radius 2 is 2.14 bits per heavy atom. The van der Waals surface area contributed by atoms with E-state index in [0.29, 0.717) is 0 Å². The van der Waals surface area contributed by atoms with Gasteiger partial charge in [0.1, 0.15) is 0 Å². The lowest BCUT2D eigenvalue weighted by atomic mass is 10.1. The van der Waals surface area contributed by atoms with E-state index in [9.17, 15) is 4.79 Å². The molecule has 0 unspecified atom stereocenters. The fraction of sp³-hybridized carbons (Fsp3) is 0.857. The summed E-state index contributed by atoms with van der Waals surface area (Å²) in [4.78, 5) is 12.9. The van der Waals surface area contributed by atoms with E-state index in [1.165, 1.54) is 14.2 Å². The van der Waals surface area contributed by atoms with E-state index in [4.69, 9.17) is 20.1 Å². The van der Waals surface area contributed by atoms with Crippen LogP contribution in [0.15, 0.2) is 5.11 Å². The summed E-state index contributed by atoms with van der Waals surface area (Å²) in [5, 5.41) is 11.8. The molecular weight excluding hydrogens is 190 g/mol. The second kappa shape index (κ2) is 6.20. The van der Waals surface area contributed by atoms with Gasteiger partial charge in [0.2, 0.25) is 0 Å². The first-order chi connectivity index (χ1) is 6.60. The van der Waals surface area contributed by atoms with Crippen molar-refractivity contribution in [3.05, 3.63) is 10.4 Å². The molecule has 7 nitrogen and oxygen atoms in total. The molecule has 0 aromatic heterocycles. The molecule has 0 aromatic rings. The summed E-state index contributed by atoms with van der Waals surface area (Å²) < 4.78 is 9.98. The number of hydrogen-bond donors (Lipinski definition) is 1. The van der Waals surface area contributed by atoms with Crippen molar-refractivity contribution in [2.24, 2.45) is 5.11 Å². The number of ether oxygens (including phenoxy) is 2. The minimum atomic E-state index is -1.13. The van der Waals surface area contributed by atoms with Crippen LogP contribution in [-0.2, 0) is 14.3 Å². The molecule has 0 atom stereocenters. The Morgan fingerprint density at radius 1 is 1.57 bits per heavy atom. The van der Waals surface area contributed by atoms with Gasteiger partial charge in [-0.05, 0) is 5.53 Å². The number of carboxylic acids is 1. The summed E-state index contributed by atoms with van der Waals surface area (Å²) in [5.41, 5.74) is 8.13. The first-order valence-electron chi connectivity index (χ1n) is 3.93. The van der Waals surface area contributed by atoms with Crippen LogP contribution in [0.4, 0.5) is 0 Å². The summed E-state index contributed by atoms with van der Waals surface area (Å²) in [6.45, 7) is -0.0518. The lowest BCUT2D eigenvalue weighted by molar-refractivity contribution is -0.204. The maximum absolute atomic E-state index is 10.3. The highest BCUT2D eigenvalue weighted by molar-refractivity contribution is 5.66. The quantitative estimate of drug-likeness (QED) is 0.290. The Balaban J connectivity index is 4.35. The highest BCUT2D eigenvalue weighted by Gasteiger charge is 2.29. The fourth-order valence-corrected chi connectivity index (χ4v) is 0.932. The molecule has 0 fully saturated rings. The van der Waals surface area contributed by atoms with E-state index >= 15 is 0 Å². The Bertz CT molecular complexity index is 233. The fourth-order valence-electron chi connectivity index (χ4n) is 0.932. The van der Waals surface area contributed by atoms with Crippen LogP contribution in [0.1, 0.15) is 12.8 Å². The average molecular weight is 203 g/mol. The number of rotatable bonds is 7. The minimum Gasteiger partial charge on any atom is -0.481 e. The maximum atomic E-state index is 10.3. The van der Waals surface area contributed by atoms with E-state index < -0.39 is 11.8 Å². The van der Waals surface area contributed by atoms with E-state index in [1.807, 2.05) is 0 Å². The van der Waals surface area contributed by atoms with Crippen LogP contribution in [-0.4, -0.2) is 37.6 Å². The van der Waals surface area contributed by atoms with Crippen LogP contribution < -0.4 is 0 Å². The number of hydrogen-bond acceptors (Lipinski definition) is 4. The molecule has 0 amide bonds. The number of methoxy groups -OCH3 is 2. The second-order valence-corrected chi connectivity index (χ2v) is 2.60. The van der Waals surface area contributed by atoms with Crippen LogP contribution in [0, 0.1) is 0 Å². The van der Waals surface area contributed by atoms with Gasteiger partial charge in [0.15, 0.2) is 5.79 Å².